The molecule has 2 atom stereocenters. The Labute approximate surface area is 187 Å². The van der Waals surface area contributed by atoms with Crippen molar-refractivity contribution < 1.29 is 24.2 Å². The van der Waals surface area contributed by atoms with Crippen LogP contribution in [0, 0.1) is 5.92 Å². The number of carboxylic acids is 1. The van der Waals surface area contributed by atoms with Crippen LogP contribution in [0.5, 0.6) is 0 Å². The van der Waals surface area contributed by atoms with Crippen molar-refractivity contribution >= 4 is 18.0 Å². The van der Waals surface area contributed by atoms with Crippen LogP contribution in [0.3, 0.4) is 0 Å². The van der Waals surface area contributed by atoms with Crippen LogP contribution in [0.4, 0.5) is 4.79 Å². The van der Waals surface area contributed by atoms with Crippen molar-refractivity contribution in [3.8, 4) is 11.1 Å². The Morgan fingerprint density at radius 3 is 2.16 bits per heavy atom. The molecular formula is C25H28N2O5. The summed E-state index contributed by atoms with van der Waals surface area (Å²) in [6.45, 7) is 1.81. The highest BCUT2D eigenvalue weighted by atomic mass is 16.5. The maximum atomic E-state index is 12.6. The van der Waals surface area contributed by atoms with E-state index in [1.165, 1.54) is 0 Å². The van der Waals surface area contributed by atoms with E-state index in [0.29, 0.717) is 12.3 Å². The Bertz CT molecular complexity index is 971. The SMILES string of the molecule is CC(CC(=O)O)NC(=O)C(CC1CC1)NC(=O)OCC1c2ccccc2-c2ccccc21. The molecule has 2 aliphatic carbocycles. The van der Waals surface area contributed by atoms with Crippen molar-refractivity contribution in [3.05, 3.63) is 59.7 Å². The average molecular weight is 437 g/mol. The molecular weight excluding hydrogens is 408 g/mol. The van der Waals surface area contributed by atoms with Crippen molar-refractivity contribution in [2.24, 2.45) is 5.92 Å². The average Bonchev–Trinajstić information content (AvgIpc) is 3.52. The van der Waals surface area contributed by atoms with Crippen molar-refractivity contribution in [1.82, 2.24) is 10.6 Å². The smallest absolute Gasteiger partial charge is 0.407 e. The van der Waals surface area contributed by atoms with Crippen molar-refractivity contribution in [3.63, 3.8) is 0 Å². The zero-order valence-corrected chi connectivity index (χ0v) is 18.0. The number of amides is 2. The number of carbonyl (C=O) groups is 3. The fourth-order valence-electron chi connectivity index (χ4n) is 4.36. The van der Waals surface area contributed by atoms with Crippen LogP contribution in [0.1, 0.15) is 49.7 Å². The number of ether oxygens (including phenoxy) is 1. The lowest BCUT2D eigenvalue weighted by Crippen LogP contribution is -2.49. The first kappa shape index (κ1) is 21.9. The van der Waals surface area contributed by atoms with Crippen LogP contribution in [-0.4, -0.2) is 41.8 Å². The topological polar surface area (TPSA) is 105 Å². The van der Waals surface area contributed by atoms with Crippen molar-refractivity contribution in [1.29, 1.82) is 0 Å². The van der Waals surface area contributed by atoms with E-state index in [9.17, 15) is 14.4 Å². The maximum Gasteiger partial charge on any atom is 0.407 e. The van der Waals surface area contributed by atoms with Crippen LogP contribution in [0.25, 0.3) is 11.1 Å². The van der Waals surface area contributed by atoms with Gasteiger partial charge in [-0.25, -0.2) is 4.79 Å². The summed E-state index contributed by atoms with van der Waals surface area (Å²) in [7, 11) is 0. The van der Waals surface area contributed by atoms with Gasteiger partial charge in [-0.3, -0.25) is 9.59 Å². The fraction of sp³-hybridized carbons (Fsp3) is 0.400. The first-order valence-corrected chi connectivity index (χ1v) is 11.1. The van der Waals surface area contributed by atoms with E-state index in [1.54, 1.807) is 6.92 Å². The van der Waals surface area contributed by atoms with Gasteiger partial charge in [-0.05, 0) is 41.5 Å². The van der Waals surface area contributed by atoms with Crippen LogP contribution in [0.2, 0.25) is 0 Å². The molecule has 2 aliphatic rings. The summed E-state index contributed by atoms with van der Waals surface area (Å²) in [5.41, 5.74) is 4.54. The molecule has 0 heterocycles. The molecule has 1 saturated carbocycles. The Morgan fingerprint density at radius 2 is 1.59 bits per heavy atom. The molecule has 3 N–H and O–H groups in total. The molecule has 4 rings (SSSR count). The van der Waals surface area contributed by atoms with E-state index in [0.717, 1.165) is 35.1 Å². The molecule has 32 heavy (non-hydrogen) atoms. The van der Waals surface area contributed by atoms with Gasteiger partial charge < -0.3 is 20.5 Å². The van der Waals surface area contributed by atoms with Gasteiger partial charge in [0.1, 0.15) is 12.6 Å². The normalized spacial score (nSPS) is 16.4. The monoisotopic (exact) mass is 436 g/mol. The number of benzene rings is 2. The summed E-state index contributed by atoms with van der Waals surface area (Å²) in [5, 5.41) is 14.3. The summed E-state index contributed by atoms with van der Waals surface area (Å²) in [4.78, 5) is 36.1. The number of alkyl carbamates (subject to hydrolysis) is 1. The quantitative estimate of drug-likeness (QED) is 0.556. The fourth-order valence-corrected chi connectivity index (χ4v) is 4.36. The van der Waals surface area contributed by atoms with Gasteiger partial charge in [0.2, 0.25) is 5.91 Å². The maximum absolute atomic E-state index is 12.6. The molecule has 1 fully saturated rings. The third kappa shape index (κ3) is 5.10. The van der Waals surface area contributed by atoms with Crippen molar-refractivity contribution in [2.75, 3.05) is 6.61 Å². The second-order valence-electron chi connectivity index (χ2n) is 8.71. The van der Waals surface area contributed by atoms with Gasteiger partial charge in [0.15, 0.2) is 0 Å². The number of aliphatic carboxylic acids is 1. The van der Waals surface area contributed by atoms with Gasteiger partial charge in [-0.15, -0.1) is 0 Å². The standard InChI is InChI=1S/C25H28N2O5/c1-15(12-23(28)29)26-24(30)22(13-16-10-11-16)27-25(31)32-14-21-19-8-4-2-6-17(19)18-7-3-5-9-20(18)21/h2-9,15-16,21-22H,10-14H2,1H3,(H,26,30)(H,27,31)(H,28,29). The summed E-state index contributed by atoms with van der Waals surface area (Å²) in [5.74, 6) is -1.02. The highest BCUT2D eigenvalue weighted by Crippen LogP contribution is 2.44. The van der Waals surface area contributed by atoms with E-state index < -0.39 is 24.1 Å². The molecule has 0 bridgehead atoms. The highest BCUT2D eigenvalue weighted by Gasteiger charge is 2.33. The molecule has 7 heteroatoms. The lowest BCUT2D eigenvalue weighted by Gasteiger charge is -2.21. The van der Waals surface area contributed by atoms with Crippen molar-refractivity contribution in [2.45, 2.75) is 50.6 Å². The summed E-state index contributed by atoms with van der Waals surface area (Å²) < 4.78 is 5.57. The Balaban J connectivity index is 1.38. The predicted molar refractivity (Wildman–Crippen MR) is 119 cm³/mol. The van der Waals surface area contributed by atoms with Gasteiger partial charge >= 0.3 is 12.1 Å². The molecule has 0 aliphatic heterocycles. The van der Waals surface area contributed by atoms with Gasteiger partial charge in [0.05, 0.1) is 6.42 Å². The molecule has 2 aromatic carbocycles. The molecule has 7 nitrogen and oxygen atoms in total. The molecule has 0 spiro atoms. The second-order valence-corrected chi connectivity index (χ2v) is 8.71. The number of rotatable bonds is 9. The summed E-state index contributed by atoms with van der Waals surface area (Å²) in [6, 6.07) is 14.9. The number of carbonyl (C=O) groups excluding carboxylic acids is 2. The van der Waals surface area contributed by atoms with E-state index in [1.807, 2.05) is 24.3 Å². The Kier molecular flexibility index (Phi) is 6.44. The number of hydrogen-bond donors (Lipinski definition) is 3. The van der Waals surface area contributed by atoms with Gasteiger partial charge in [-0.1, -0.05) is 61.4 Å². The number of fused-ring (bicyclic) bond motifs is 3. The van der Waals surface area contributed by atoms with Gasteiger partial charge in [0.25, 0.3) is 0 Å². The molecule has 0 radical (unpaired) electrons. The largest absolute Gasteiger partial charge is 0.481 e. The first-order chi connectivity index (χ1) is 15.4. The molecule has 0 aromatic heterocycles. The number of nitrogens with one attached hydrogen (secondary N) is 2. The zero-order chi connectivity index (χ0) is 22.7. The first-order valence-electron chi connectivity index (χ1n) is 11.1. The minimum atomic E-state index is -0.985. The van der Waals surface area contributed by atoms with Crippen LogP contribution in [-0.2, 0) is 14.3 Å². The van der Waals surface area contributed by atoms with Crippen LogP contribution in [0.15, 0.2) is 48.5 Å². The highest BCUT2D eigenvalue weighted by molar-refractivity contribution is 5.86. The molecule has 2 unspecified atom stereocenters. The lowest BCUT2D eigenvalue weighted by molar-refractivity contribution is -0.137. The van der Waals surface area contributed by atoms with E-state index in [-0.39, 0.29) is 24.9 Å². The minimum absolute atomic E-state index is 0.0561. The van der Waals surface area contributed by atoms with E-state index in [4.69, 9.17) is 9.84 Å². The number of hydrogen-bond acceptors (Lipinski definition) is 4. The lowest BCUT2D eigenvalue weighted by atomic mass is 9.98. The molecule has 168 valence electrons. The Morgan fingerprint density at radius 1 is 1.00 bits per heavy atom. The van der Waals surface area contributed by atoms with E-state index in [2.05, 4.69) is 34.9 Å². The second kappa shape index (κ2) is 9.42. The Hall–Kier alpha value is -3.35. The van der Waals surface area contributed by atoms with Gasteiger partial charge in [0, 0.05) is 12.0 Å². The predicted octanol–water partition coefficient (Wildman–Crippen LogP) is 3.67. The molecule has 2 aromatic rings. The van der Waals surface area contributed by atoms with E-state index >= 15 is 0 Å². The molecule has 0 saturated heterocycles. The third-order valence-corrected chi connectivity index (χ3v) is 6.09. The van der Waals surface area contributed by atoms with Crippen LogP contribution >= 0.6 is 0 Å². The third-order valence-electron chi connectivity index (χ3n) is 6.09. The van der Waals surface area contributed by atoms with Gasteiger partial charge in [-0.2, -0.15) is 0 Å². The van der Waals surface area contributed by atoms with Crippen LogP contribution < -0.4 is 10.6 Å². The summed E-state index contributed by atoms with van der Waals surface area (Å²) in [6.07, 6.45) is 1.77. The summed E-state index contributed by atoms with van der Waals surface area (Å²) >= 11 is 0. The minimum Gasteiger partial charge on any atom is -0.481 e. The number of carboxylic acid groups (broad SMARTS) is 1. The molecule has 2 amide bonds. The zero-order valence-electron chi connectivity index (χ0n) is 18.0.